The largest absolute Gasteiger partial charge is 0.506 e. The molecule has 0 bridgehead atoms. The van der Waals surface area contributed by atoms with Gasteiger partial charge in [0, 0.05) is 58.5 Å². The summed E-state index contributed by atoms with van der Waals surface area (Å²) in [6.07, 6.45) is -2.15. The minimum absolute atomic E-state index is 0.0854. The van der Waals surface area contributed by atoms with Crippen LogP contribution >= 0.6 is 0 Å². The molecule has 5 rings (SSSR count). The van der Waals surface area contributed by atoms with Crippen molar-refractivity contribution in [2.75, 3.05) is 75.4 Å². The Hall–Kier alpha value is -3.09. The summed E-state index contributed by atoms with van der Waals surface area (Å²) < 4.78 is 34.8. The molecule has 2 N–H and O–H groups in total. The van der Waals surface area contributed by atoms with Crippen LogP contribution in [0.25, 0.3) is 17.0 Å². The number of morpholine rings is 1. The van der Waals surface area contributed by atoms with Crippen LogP contribution < -0.4 is 9.80 Å². The van der Waals surface area contributed by atoms with E-state index < -0.39 is 12.2 Å². The van der Waals surface area contributed by atoms with E-state index in [9.17, 15) is 13.9 Å². The van der Waals surface area contributed by atoms with Crippen LogP contribution in [0, 0.1) is 0 Å². The lowest BCUT2D eigenvalue weighted by atomic mass is 10.3. The number of aliphatic hydroxyl groups excluding tert-OH is 1. The topological polar surface area (TPSA) is 103 Å². The van der Waals surface area contributed by atoms with E-state index in [-0.39, 0.29) is 23.8 Å². The zero-order valence-electron chi connectivity index (χ0n) is 19.4. The Kier molecular flexibility index (Phi) is 6.93. The summed E-state index contributed by atoms with van der Waals surface area (Å²) in [5.74, 6) is 0.695. The van der Waals surface area contributed by atoms with Crippen molar-refractivity contribution in [1.82, 2.24) is 24.4 Å². The summed E-state index contributed by atoms with van der Waals surface area (Å²) in [4.78, 5) is 19.9. The number of nitrogens with zero attached hydrogens (tertiary/aromatic N) is 7. The number of imidazole rings is 1. The Morgan fingerprint density at radius 2 is 1.63 bits per heavy atom. The van der Waals surface area contributed by atoms with E-state index in [2.05, 4.69) is 24.7 Å². The highest BCUT2D eigenvalue weighted by molar-refractivity contribution is 5.83. The van der Waals surface area contributed by atoms with Crippen LogP contribution in [0.2, 0.25) is 0 Å². The first-order valence-corrected chi connectivity index (χ1v) is 11.8. The van der Waals surface area contributed by atoms with Crippen LogP contribution in [0.3, 0.4) is 0 Å². The zero-order valence-corrected chi connectivity index (χ0v) is 19.4. The number of para-hydroxylation sites is 1. The monoisotopic (exact) mass is 489 g/mol. The van der Waals surface area contributed by atoms with Gasteiger partial charge in [0.2, 0.25) is 5.95 Å². The van der Waals surface area contributed by atoms with Crippen LogP contribution in [0.4, 0.5) is 20.4 Å². The SMILES string of the molecule is OCCCN1CCN(c2cc(N3CCOCC3)nc(-n3c(C(F)F)nc4c(O)cccc43)n2)CC1. The molecule has 2 aliphatic heterocycles. The highest BCUT2D eigenvalue weighted by atomic mass is 19.3. The summed E-state index contributed by atoms with van der Waals surface area (Å²) in [7, 11) is 0. The van der Waals surface area contributed by atoms with Gasteiger partial charge in [-0.05, 0) is 18.6 Å². The van der Waals surface area contributed by atoms with Crippen LogP contribution in [0.5, 0.6) is 5.75 Å². The van der Waals surface area contributed by atoms with Gasteiger partial charge in [-0.3, -0.25) is 9.47 Å². The molecule has 0 spiro atoms. The average molecular weight is 490 g/mol. The molecule has 0 unspecified atom stereocenters. The van der Waals surface area contributed by atoms with Gasteiger partial charge in [-0.2, -0.15) is 9.97 Å². The number of rotatable bonds is 7. The molecular formula is C23H29F2N7O3. The van der Waals surface area contributed by atoms with Crippen molar-refractivity contribution in [1.29, 1.82) is 0 Å². The molecule has 2 aromatic heterocycles. The predicted molar refractivity (Wildman–Crippen MR) is 127 cm³/mol. The van der Waals surface area contributed by atoms with E-state index in [1.54, 1.807) is 12.1 Å². The first-order valence-electron chi connectivity index (χ1n) is 11.8. The maximum Gasteiger partial charge on any atom is 0.296 e. The Morgan fingerprint density at radius 1 is 0.943 bits per heavy atom. The molecule has 0 aliphatic carbocycles. The minimum Gasteiger partial charge on any atom is -0.506 e. The fourth-order valence-corrected chi connectivity index (χ4v) is 4.58. The van der Waals surface area contributed by atoms with Crippen molar-refractivity contribution in [3.8, 4) is 11.7 Å². The Bertz CT molecular complexity index is 1160. The van der Waals surface area contributed by atoms with Gasteiger partial charge in [0.15, 0.2) is 5.82 Å². The van der Waals surface area contributed by atoms with E-state index in [0.717, 1.165) is 39.1 Å². The summed E-state index contributed by atoms with van der Waals surface area (Å²) >= 11 is 0. The fraction of sp³-hybridized carbons (Fsp3) is 0.522. The lowest BCUT2D eigenvalue weighted by Crippen LogP contribution is -2.47. The molecule has 2 fully saturated rings. The Balaban J connectivity index is 1.57. The average Bonchev–Trinajstić information content (AvgIpc) is 3.29. The van der Waals surface area contributed by atoms with Crippen molar-refractivity contribution in [2.24, 2.45) is 0 Å². The number of phenols is 1. The number of benzene rings is 1. The van der Waals surface area contributed by atoms with Gasteiger partial charge >= 0.3 is 0 Å². The normalized spacial score (nSPS) is 17.6. The molecule has 4 heterocycles. The summed E-state index contributed by atoms with van der Waals surface area (Å²) in [5, 5.41) is 19.3. The summed E-state index contributed by atoms with van der Waals surface area (Å²) in [5.41, 5.74) is 0.404. The van der Waals surface area contributed by atoms with E-state index in [0.29, 0.717) is 43.5 Å². The van der Waals surface area contributed by atoms with Gasteiger partial charge in [-0.15, -0.1) is 0 Å². The summed E-state index contributed by atoms with van der Waals surface area (Å²) in [6, 6.07) is 6.53. The minimum atomic E-state index is -2.88. The number of fused-ring (bicyclic) bond motifs is 1. The Labute approximate surface area is 201 Å². The molecule has 2 aliphatic rings. The van der Waals surface area contributed by atoms with Crippen LogP contribution in [-0.4, -0.2) is 100 Å². The molecule has 35 heavy (non-hydrogen) atoms. The van der Waals surface area contributed by atoms with E-state index >= 15 is 0 Å². The third-order valence-electron chi connectivity index (χ3n) is 6.44. The van der Waals surface area contributed by atoms with E-state index in [1.807, 2.05) is 6.07 Å². The van der Waals surface area contributed by atoms with E-state index in [4.69, 9.17) is 14.8 Å². The number of aromatic hydroxyl groups is 1. The van der Waals surface area contributed by atoms with Crippen molar-refractivity contribution >= 4 is 22.7 Å². The van der Waals surface area contributed by atoms with Gasteiger partial charge in [0.1, 0.15) is 22.9 Å². The van der Waals surface area contributed by atoms with Crippen molar-refractivity contribution in [2.45, 2.75) is 12.8 Å². The fourth-order valence-electron chi connectivity index (χ4n) is 4.58. The number of anilines is 2. The molecule has 2 saturated heterocycles. The van der Waals surface area contributed by atoms with Crippen molar-refractivity contribution in [3.63, 3.8) is 0 Å². The molecule has 0 atom stereocenters. The first kappa shape index (κ1) is 23.6. The van der Waals surface area contributed by atoms with Gasteiger partial charge in [-0.1, -0.05) is 6.07 Å². The number of aromatic nitrogens is 4. The Morgan fingerprint density at radius 3 is 2.29 bits per heavy atom. The number of hydrogen-bond donors (Lipinski definition) is 2. The number of ether oxygens (including phenoxy) is 1. The number of phenolic OH excluding ortho intramolecular Hbond substituents is 1. The molecule has 0 amide bonds. The van der Waals surface area contributed by atoms with Gasteiger partial charge in [0.25, 0.3) is 6.43 Å². The van der Waals surface area contributed by atoms with Crippen molar-refractivity contribution < 1.29 is 23.7 Å². The third-order valence-corrected chi connectivity index (χ3v) is 6.44. The van der Waals surface area contributed by atoms with E-state index in [1.165, 1.54) is 10.6 Å². The number of aliphatic hydroxyl groups is 1. The second kappa shape index (κ2) is 10.3. The quantitative estimate of drug-likeness (QED) is 0.514. The third kappa shape index (κ3) is 4.86. The lowest BCUT2D eigenvalue weighted by Gasteiger charge is -2.36. The highest BCUT2D eigenvalue weighted by Gasteiger charge is 2.26. The van der Waals surface area contributed by atoms with Gasteiger partial charge in [0.05, 0.1) is 18.7 Å². The molecule has 10 nitrogen and oxygen atoms in total. The highest BCUT2D eigenvalue weighted by Crippen LogP contribution is 2.32. The molecular weight excluding hydrogens is 460 g/mol. The van der Waals surface area contributed by atoms with Crippen LogP contribution in [0.1, 0.15) is 18.7 Å². The molecule has 0 radical (unpaired) electrons. The number of hydrogen-bond acceptors (Lipinski definition) is 9. The maximum absolute atomic E-state index is 14.1. The van der Waals surface area contributed by atoms with Crippen LogP contribution in [0.15, 0.2) is 24.3 Å². The maximum atomic E-state index is 14.1. The second-order valence-electron chi connectivity index (χ2n) is 8.64. The standard InChI is InChI=1S/C23H29F2N7O3/c24-21(25)22-28-20-16(3-1-4-17(20)34)32(22)23-26-18(15-19(27-23)31-10-13-35-14-11-31)30-8-6-29(7-9-30)5-2-12-33/h1,3-4,15,21,33-34H,2,5-14H2. The first-order chi connectivity index (χ1) is 17.0. The van der Waals surface area contributed by atoms with Crippen LogP contribution in [-0.2, 0) is 4.74 Å². The summed E-state index contributed by atoms with van der Waals surface area (Å²) in [6.45, 7) is 6.46. The molecule has 188 valence electrons. The number of halogens is 2. The van der Waals surface area contributed by atoms with Gasteiger partial charge < -0.3 is 24.7 Å². The smallest absolute Gasteiger partial charge is 0.296 e. The molecule has 3 aromatic rings. The molecule has 0 saturated carbocycles. The molecule has 1 aromatic carbocycles. The lowest BCUT2D eigenvalue weighted by molar-refractivity contribution is 0.122. The molecule has 12 heteroatoms. The number of piperazine rings is 1. The zero-order chi connectivity index (χ0) is 24.4. The van der Waals surface area contributed by atoms with Gasteiger partial charge in [-0.25, -0.2) is 13.8 Å². The number of alkyl halides is 2. The van der Waals surface area contributed by atoms with Crippen molar-refractivity contribution in [3.05, 3.63) is 30.1 Å². The predicted octanol–water partition coefficient (Wildman–Crippen LogP) is 1.80. The second-order valence-corrected chi connectivity index (χ2v) is 8.64.